The van der Waals surface area contributed by atoms with Crippen molar-refractivity contribution < 1.29 is 32.2 Å². The van der Waals surface area contributed by atoms with Gasteiger partial charge in [-0.25, -0.2) is 9.78 Å². The van der Waals surface area contributed by atoms with Crippen LogP contribution in [0.1, 0.15) is 39.6 Å². The number of rotatable bonds is 7. The normalized spacial score (nSPS) is 12.3. The maximum absolute atomic E-state index is 13.6. The lowest BCUT2D eigenvalue weighted by atomic mass is 10.1. The lowest BCUT2D eigenvalue weighted by molar-refractivity contribution is -0.137. The summed E-state index contributed by atoms with van der Waals surface area (Å²) in [4.78, 5) is 48.0. The molecule has 9 nitrogen and oxygen atoms in total. The number of hydrogen-bond acceptors (Lipinski definition) is 6. The molecule has 0 unspecified atom stereocenters. The summed E-state index contributed by atoms with van der Waals surface area (Å²) in [5.41, 5.74) is -2.50. The van der Waals surface area contributed by atoms with Gasteiger partial charge in [-0.1, -0.05) is 18.2 Å². The van der Waals surface area contributed by atoms with Crippen molar-refractivity contribution in [2.45, 2.75) is 26.1 Å². The zero-order chi connectivity index (χ0) is 27.4. The fourth-order valence-electron chi connectivity index (χ4n) is 4.01. The maximum Gasteiger partial charge on any atom is 0.417 e. The van der Waals surface area contributed by atoms with E-state index in [4.69, 9.17) is 9.47 Å². The summed E-state index contributed by atoms with van der Waals surface area (Å²) >= 11 is 0. The summed E-state index contributed by atoms with van der Waals surface area (Å²) in [6.45, 7) is 1.89. The molecule has 1 aromatic carbocycles. The third-order valence-electron chi connectivity index (χ3n) is 5.69. The Labute approximate surface area is 213 Å². The predicted octanol–water partition coefficient (Wildman–Crippen LogP) is 3.62. The second kappa shape index (κ2) is 11.0. The number of esters is 1. The number of carbonyl (C=O) groups excluding carboxylic acids is 2. The van der Waals surface area contributed by atoms with Crippen molar-refractivity contribution in [3.05, 3.63) is 87.3 Å². The molecule has 198 valence electrons. The number of methoxy groups -OCH3 is 1. The van der Waals surface area contributed by atoms with Crippen molar-refractivity contribution in [2.75, 3.05) is 20.3 Å². The molecular formula is C26H23F3N4O5. The fraction of sp³-hybridized carbons (Fsp3) is 0.269. The number of benzene rings is 1. The van der Waals surface area contributed by atoms with Crippen LogP contribution in [0.15, 0.2) is 64.5 Å². The molecule has 0 aliphatic rings. The first-order valence-corrected chi connectivity index (χ1v) is 11.6. The number of alkyl halides is 3. The molecule has 12 heteroatoms. The van der Waals surface area contributed by atoms with Crippen LogP contribution in [-0.4, -0.2) is 46.2 Å². The van der Waals surface area contributed by atoms with Gasteiger partial charge in [0.1, 0.15) is 16.9 Å². The first-order valence-electron chi connectivity index (χ1n) is 11.6. The van der Waals surface area contributed by atoms with E-state index in [-0.39, 0.29) is 47.5 Å². The number of ether oxygens (including phenoxy) is 2. The molecule has 0 saturated heterocycles. The Kier molecular flexibility index (Phi) is 7.72. The molecule has 0 aliphatic heterocycles. The standard InChI is InChI=1S/C26H23F3N4O5/c1-3-38-25(36)18-15-17-21(30-20-11-6-7-12-32(20)24(17)35)33(13-8-14-37-2)22(18)31-23(34)16-9-4-5-10-19(16)26(27,28)29/h4-7,9-12,15H,3,8,13-14H2,1-2H3. The number of aryl methyl sites for hydroxylation is 1. The highest BCUT2D eigenvalue weighted by Crippen LogP contribution is 2.32. The van der Waals surface area contributed by atoms with Crippen LogP contribution in [0.25, 0.3) is 16.7 Å². The van der Waals surface area contributed by atoms with Crippen molar-refractivity contribution in [3.63, 3.8) is 0 Å². The lowest BCUT2D eigenvalue weighted by Crippen LogP contribution is -2.33. The molecule has 0 aliphatic carbocycles. The van der Waals surface area contributed by atoms with Crippen molar-refractivity contribution in [2.24, 2.45) is 4.99 Å². The molecule has 4 rings (SSSR count). The van der Waals surface area contributed by atoms with Crippen LogP contribution >= 0.6 is 0 Å². The van der Waals surface area contributed by atoms with E-state index in [9.17, 15) is 27.6 Å². The SMILES string of the molecule is CCOC(=O)c1cc2c(=O)n3ccccc3nc2n(CCCOC)c1=NC(=O)c1ccccc1C(F)(F)F. The number of carbonyl (C=O) groups is 2. The average Bonchev–Trinajstić information content (AvgIpc) is 2.89. The minimum atomic E-state index is -4.81. The Morgan fingerprint density at radius 2 is 1.82 bits per heavy atom. The smallest absolute Gasteiger partial charge is 0.417 e. The molecule has 0 atom stereocenters. The molecule has 38 heavy (non-hydrogen) atoms. The molecule has 0 saturated carbocycles. The summed E-state index contributed by atoms with van der Waals surface area (Å²) in [5, 5.41) is 0.0382. The first kappa shape index (κ1) is 26.7. The minimum absolute atomic E-state index is 0.0280. The van der Waals surface area contributed by atoms with Crippen LogP contribution < -0.4 is 11.0 Å². The molecule has 0 radical (unpaired) electrons. The largest absolute Gasteiger partial charge is 0.462 e. The van der Waals surface area contributed by atoms with Crippen LogP contribution in [0, 0.1) is 0 Å². The highest BCUT2D eigenvalue weighted by molar-refractivity contribution is 5.98. The van der Waals surface area contributed by atoms with Crippen LogP contribution in [0.4, 0.5) is 13.2 Å². The molecule has 1 amide bonds. The van der Waals surface area contributed by atoms with Gasteiger partial charge in [-0.15, -0.1) is 0 Å². The lowest BCUT2D eigenvalue weighted by Gasteiger charge is -2.15. The van der Waals surface area contributed by atoms with Crippen LogP contribution in [0.2, 0.25) is 0 Å². The Hall–Kier alpha value is -4.32. The van der Waals surface area contributed by atoms with E-state index in [0.29, 0.717) is 6.42 Å². The van der Waals surface area contributed by atoms with Crippen molar-refractivity contribution >= 4 is 28.6 Å². The number of aromatic nitrogens is 3. The van der Waals surface area contributed by atoms with Gasteiger partial charge in [0.05, 0.1) is 23.1 Å². The average molecular weight is 528 g/mol. The Morgan fingerprint density at radius 1 is 1.08 bits per heavy atom. The summed E-state index contributed by atoms with van der Waals surface area (Å²) in [5.74, 6) is -2.12. The van der Waals surface area contributed by atoms with E-state index < -0.39 is 34.7 Å². The molecular weight excluding hydrogens is 505 g/mol. The molecule has 0 fully saturated rings. The van der Waals surface area contributed by atoms with E-state index in [2.05, 4.69) is 9.98 Å². The summed E-state index contributed by atoms with van der Waals surface area (Å²) in [6, 6.07) is 10.3. The summed E-state index contributed by atoms with van der Waals surface area (Å²) in [6.07, 6.45) is -2.94. The Bertz CT molecular complexity index is 1660. The van der Waals surface area contributed by atoms with E-state index in [1.807, 2.05) is 0 Å². The fourth-order valence-corrected chi connectivity index (χ4v) is 4.01. The molecule has 3 heterocycles. The van der Waals surface area contributed by atoms with Crippen molar-refractivity contribution in [1.29, 1.82) is 0 Å². The highest BCUT2D eigenvalue weighted by atomic mass is 19.4. The second-order valence-corrected chi connectivity index (χ2v) is 8.14. The third kappa shape index (κ3) is 5.21. The Morgan fingerprint density at radius 3 is 2.53 bits per heavy atom. The second-order valence-electron chi connectivity index (χ2n) is 8.14. The molecule has 0 spiro atoms. The van der Waals surface area contributed by atoms with Crippen molar-refractivity contribution in [3.8, 4) is 0 Å². The molecule has 4 aromatic rings. The summed E-state index contributed by atoms with van der Waals surface area (Å²) in [7, 11) is 1.48. The monoisotopic (exact) mass is 528 g/mol. The van der Waals surface area contributed by atoms with Gasteiger partial charge < -0.3 is 14.0 Å². The van der Waals surface area contributed by atoms with Crippen LogP contribution in [0.3, 0.4) is 0 Å². The highest BCUT2D eigenvalue weighted by Gasteiger charge is 2.35. The zero-order valence-electron chi connectivity index (χ0n) is 20.5. The van der Waals surface area contributed by atoms with Crippen LogP contribution in [-0.2, 0) is 22.2 Å². The number of halogens is 3. The van der Waals surface area contributed by atoms with Gasteiger partial charge in [-0.2, -0.15) is 18.2 Å². The van der Waals surface area contributed by atoms with Crippen molar-refractivity contribution in [1.82, 2.24) is 14.0 Å². The predicted molar refractivity (Wildman–Crippen MR) is 131 cm³/mol. The van der Waals surface area contributed by atoms with E-state index in [1.54, 1.807) is 25.1 Å². The topological polar surface area (TPSA) is 104 Å². The van der Waals surface area contributed by atoms with E-state index in [0.717, 1.165) is 18.2 Å². The Balaban J connectivity index is 2.10. The van der Waals surface area contributed by atoms with Gasteiger partial charge >= 0.3 is 12.1 Å². The quantitative estimate of drug-likeness (QED) is 0.206. The molecule has 0 bridgehead atoms. The number of hydrogen-bond donors (Lipinski definition) is 0. The first-order chi connectivity index (χ1) is 18.2. The van der Waals surface area contributed by atoms with Gasteiger partial charge in [0, 0.05) is 26.5 Å². The van der Waals surface area contributed by atoms with E-state index >= 15 is 0 Å². The molecule has 3 aromatic heterocycles. The molecule has 0 N–H and O–H groups in total. The van der Waals surface area contributed by atoms with Gasteiger partial charge in [0.15, 0.2) is 5.49 Å². The number of amides is 1. The minimum Gasteiger partial charge on any atom is -0.462 e. The van der Waals surface area contributed by atoms with Gasteiger partial charge in [-0.3, -0.25) is 14.0 Å². The number of nitrogens with zero attached hydrogens (tertiary/aromatic N) is 4. The summed E-state index contributed by atoms with van der Waals surface area (Å²) < 4.78 is 53.7. The number of pyridine rings is 2. The van der Waals surface area contributed by atoms with Gasteiger partial charge in [-0.05, 0) is 43.7 Å². The van der Waals surface area contributed by atoms with Crippen LogP contribution in [0.5, 0.6) is 0 Å². The van der Waals surface area contributed by atoms with E-state index in [1.165, 1.54) is 34.4 Å². The van der Waals surface area contributed by atoms with Gasteiger partial charge in [0.25, 0.3) is 11.5 Å². The van der Waals surface area contributed by atoms with Gasteiger partial charge in [0.2, 0.25) is 0 Å². The third-order valence-corrected chi connectivity index (χ3v) is 5.69. The zero-order valence-corrected chi connectivity index (χ0v) is 20.5. The number of fused-ring (bicyclic) bond motifs is 2. The maximum atomic E-state index is 13.6.